The lowest BCUT2D eigenvalue weighted by Gasteiger charge is -2.31. The molecule has 2 aromatic rings. The van der Waals surface area contributed by atoms with Gasteiger partial charge in [-0.2, -0.15) is 4.31 Å². The zero-order valence-corrected chi connectivity index (χ0v) is 17.5. The Morgan fingerprint density at radius 1 is 1.13 bits per heavy atom. The van der Waals surface area contributed by atoms with E-state index in [0.29, 0.717) is 24.4 Å². The first-order valence-electron chi connectivity index (χ1n) is 9.35. The van der Waals surface area contributed by atoms with Crippen LogP contribution in [0.25, 0.3) is 0 Å². The van der Waals surface area contributed by atoms with Crippen molar-refractivity contribution in [3.63, 3.8) is 0 Å². The molecule has 7 nitrogen and oxygen atoms in total. The van der Waals surface area contributed by atoms with Crippen molar-refractivity contribution in [3.8, 4) is 0 Å². The Bertz CT molecular complexity index is 1030. The molecule has 1 atom stereocenters. The molecule has 0 unspecified atom stereocenters. The molecular formula is C20H21ClFN3O4S. The van der Waals surface area contributed by atoms with Gasteiger partial charge < -0.3 is 10.6 Å². The molecule has 1 aliphatic heterocycles. The summed E-state index contributed by atoms with van der Waals surface area (Å²) in [6.45, 7) is -0.0121. The minimum absolute atomic E-state index is 0.0196. The monoisotopic (exact) mass is 453 g/mol. The molecule has 0 spiro atoms. The summed E-state index contributed by atoms with van der Waals surface area (Å²) in [6.07, 6.45) is 1.03. The van der Waals surface area contributed by atoms with Crippen molar-refractivity contribution in [1.29, 1.82) is 0 Å². The Hall–Kier alpha value is -2.49. The highest BCUT2D eigenvalue weighted by atomic mass is 35.5. The third-order valence-electron chi connectivity index (χ3n) is 4.78. The number of benzene rings is 2. The van der Waals surface area contributed by atoms with Crippen LogP contribution >= 0.6 is 11.6 Å². The maximum absolute atomic E-state index is 13.6. The lowest BCUT2D eigenvalue weighted by atomic mass is 9.99. The summed E-state index contributed by atoms with van der Waals surface area (Å²) < 4.78 is 40.5. The van der Waals surface area contributed by atoms with E-state index in [1.165, 1.54) is 46.8 Å². The van der Waals surface area contributed by atoms with E-state index in [9.17, 15) is 22.4 Å². The smallest absolute Gasteiger partial charge is 0.243 e. The van der Waals surface area contributed by atoms with Crippen molar-refractivity contribution in [3.05, 3.63) is 59.4 Å². The molecule has 0 saturated carbocycles. The fraction of sp³-hybridized carbons (Fsp3) is 0.300. The number of hydrogen-bond donors (Lipinski definition) is 2. The van der Waals surface area contributed by atoms with Crippen molar-refractivity contribution in [2.75, 3.05) is 25.0 Å². The lowest BCUT2D eigenvalue weighted by molar-refractivity contribution is -0.128. The van der Waals surface area contributed by atoms with E-state index >= 15 is 0 Å². The summed E-state index contributed by atoms with van der Waals surface area (Å²) in [4.78, 5) is 24.6. The highest BCUT2D eigenvalue weighted by Gasteiger charge is 2.33. The van der Waals surface area contributed by atoms with Gasteiger partial charge in [0, 0.05) is 18.1 Å². The summed E-state index contributed by atoms with van der Waals surface area (Å²) in [7, 11) is -3.75. The zero-order valence-electron chi connectivity index (χ0n) is 16.0. The summed E-state index contributed by atoms with van der Waals surface area (Å²) in [5.41, 5.74) is 0.0228. The molecule has 160 valence electrons. The van der Waals surface area contributed by atoms with E-state index in [4.69, 9.17) is 11.6 Å². The second-order valence-corrected chi connectivity index (χ2v) is 9.28. The fourth-order valence-electron chi connectivity index (χ4n) is 3.20. The number of sulfonamides is 1. The normalized spacial score (nSPS) is 17.3. The molecule has 0 radical (unpaired) electrons. The summed E-state index contributed by atoms with van der Waals surface area (Å²) in [6, 6.07) is 11.5. The number of nitrogens with one attached hydrogen (secondary N) is 2. The quantitative estimate of drug-likeness (QED) is 0.702. The second kappa shape index (κ2) is 9.55. The number of amides is 2. The minimum atomic E-state index is -3.75. The third kappa shape index (κ3) is 5.35. The first kappa shape index (κ1) is 22.2. The van der Waals surface area contributed by atoms with Gasteiger partial charge in [-0.25, -0.2) is 12.8 Å². The van der Waals surface area contributed by atoms with E-state index in [2.05, 4.69) is 10.6 Å². The molecule has 1 saturated heterocycles. The number of anilines is 1. The lowest BCUT2D eigenvalue weighted by Crippen LogP contribution is -2.46. The number of rotatable bonds is 6. The number of nitrogens with zero attached hydrogens (tertiary/aromatic N) is 1. The topological polar surface area (TPSA) is 95.6 Å². The van der Waals surface area contributed by atoms with Crippen molar-refractivity contribution >= 4 is 39.1 Å². The van der Waals surface area contributed by atoms with Crippen LogP contribution in [0, 0.1) is 11.7 Å². The second-order valence-electron chi connectivity index (χ2n) is 6.90. The Balaban J connectivity index is 1.57. The van der Waals surface area contributed by atoms with E-state index < -0.39 is 33.6 Å². The average molecular weight is 454 g/mol. The maximum Gasteiger partial charge on any atom is 0.243 e. The number of carbonyl (C=O) groups excluding carboxylic acids is 2. The summed E-state index contributed by atoms with van der Waals surface area (Å²) in [5.74, 6) is -2.15. The van der Waals surface area contributed by atoms with Gasteiger partial charge in [0.1, 0.15) is 5.82 Å². The number of piperidine rings is 1. The molecule has 1 fully saturated rings. The first-order chi connectivity index (χ1) is 14.3. The van der Waals surface area contributed by atoms with Gasteiger partial charge in [-0.15, -0.1) is 0 Å². The standard InChI is InChI=1S/C20H21ClFN3O4S/c21-15-7-9-16(10-8-15)30(28,29)25-11-3-4-14(13-25)20(27)23-12-19(26)24-18-6-2-1-5-17(18)22/h1-2,5-10,14H,3-4,11-13H2,(H,23,27)(H,24,26)/t14-/m0/s1. The van der Waals surface area contributed by atoms with Crippen LogP contribution in [0.3, 0.4) is 0 Å². The number of hydrogen-bond acceptors (Lipinski definition) is 4. The minimum Gasteiger partial charge on any atom is -0.347 e. The van der Waals surface area contributed by atoms with Gasteiger partial charge in [0.15, 0.2) is 0 Å². The van der Waals surface area contributed by atoms with Gasteiger partial charge in [0.2, 0.25) is 21.8 Å². The van der Waals surface area contributed by atoms with Gasteiger partial charge in [0.05, 0.1) is 23.0 Å². The van der Waals surface area contributed by atoms with E-state index in [1.54, 1.807) is 6.07 Å². The van der Waals surface area contributed by atoms with Crippen LogP contribution in [0.2, 0.25) is 5.02 Å². The van der Waals surface area contributed by atoms with Crippen LogP contribution in [0.15, 0.2) is 53.4 Å². The molecule has 3 rings (SSSR count). The SMILES string of the molecule is O=C(CNC(=O)[C@H]1CCCN(S(=O)(=O)c2ccc(Cl)cc2)C1)Nc1ccccc1F. The van der Waals surface area contributed by atoms with Gasteiger partial charge in [-0.3, -0.25) is 9.59 Å². The van der Waals surface area contributed by atoms with Crippen LogP contribution < -0.4 is 10.6 Å². The predicted octanol–water partition coefficient (Wildman–Crippen LogP) is 2.63. The Morgan fingerprint density at radius 2 is 1.83 bits per heavy atom. The predicted molar refractivity (Wildman–Crippen MR) is 111 cm³/mol. The van der Waals surface area contributed by atoms with Crippen LogP contribution in [0.1, 0.15) is 12.8 Å². The van der Waals surface area contributed by atoms with Crippen LogP contribution in [0.5, 0.6) is 0 Å². The number of para-hydroxylation sites is 1. The Labute approximate surface area is 179 Å². The fourth-order valence-corrected chi connectivity index (χ4v) is 4.85. The summed E-state index contributed by atoms with van der Waals surface area (Å²) >= 11 is 5.82. The van der Waals surface area contributed by atoms with E-state index in [1.807, 2.05) is 0 Å². The molecule has 2 N–H and O–H groups in total. The third-order valence-corrected chi connectivity index (χ3v) is 6.91. The van der Waals surface area contributed by atoms with Gasteiger partial charge in [-0.05, 0) is 49.2 Å². The molecule has 0 aliphatic carbocycles. The molecule has 1 heterocycles. The van der Waals surface area contributed by atoms with Crippen LogP contribution in [0.4, 0.5) is 10.1 Å². The molecular weight excluding hydrogens is 433 g/mol. The van der Waals surface area contributed by atoms with Crippen LogP contribution in [-0.2, 0) is 19.6 Å². The first-order valence-corrected chi connectivity index (χ1v) is 11.2. The average Bonchev–Trinajstić information content (AvgIpc) is 2.74. The molecule has 10 heteroatoms. The Kier molecular flexibility index (Phi) is 7.06. The summed E-state index contributed by atoms with van der Waals surface area (Å²) in [5, 5.41) is 5.31. The maximum atomic E-state index is 13.6. The molecule has 2 amide bonds. The molecule has 1 aliphatic rings. The Morgan fingerprint density at radius 3 is 2.53 bits per heavy atom. The van der Waals surface area contributed by atoms with Crippen molar-refractivity contribution in [2.24, 2.45) is 5.92 Å². The molecule has 0 bridgehead atoms. The highest BCUT2D eigenvalue weighted by Crippen LogP contribution is 2.25. The van der Waals surface area contributed by atoms with Crippen molar-refractivity contribution < 1.29 is 22.4 Å². The van der Waals surface area contributed by atoms with E-state index in [0.717, 1.165) is 0 Å². The van der Waals surface area contributed by atoms with Crippen molar-refractivity contribution in [1.82, 2.24) is 9.62 Å². The van der Waals surface area contributed by atoms with Gasteiger partial charge in [-0.1, -0.05) is 23.7 Å². The van der Waals surface area contributed by atoms with Crippen LogP contribution in [-0.4, -0.2) is 44.2 Å². The van der Waals surface area contributed by atoms with Crippen molar-refractivity contribution in [2.45, 2.75) is 17.7 Å². The molecule has 0 aromatic heterocycles. The molecule has 30 heavy (non-hydrogen) atoms. The van der Waals surface area contributed by atoms with Gasteiger partial charge in [0.25, 0.3) is 0 Å². The largest absolute Gasteiger partial charge is 0.347 e. The van der Waals surface area contributed by atoms with E-state index in [-0.39, 0.29) is 23.7 Å². The zero-order chi connectivity index (χ0) is 21.7. The number of halogens is 2. The van der Waals surface area contributed by atoms with Gasteiger partial charge >= 0.3 is 0 Å². The highest BCUT2D eigenvalue weighted by molar-refractivity contribution is 7.89. The number of carbonyl (C=O) groups is 2. The molecule has 2 aromatic carbocycles.